The molecule has 1 N–H and O–H groups in total. The van der Waals surface area contributed by atoms with Crippen LogP contribution < -0.4 is 4.74 Å². The van der Waals surface area contributed by atoms with Gasteiger partial charge in [-0.15, -0.1) is 0 Å². The highest BCUT2D eigenvalue weighted by Gasteiger charge is 2.53. The van der Waals surface area contributed by atoms with Gasteiger partial charge in [0.15, 0.2) is 11.5 Å². The molecule has 3 heterocycles. The Morgan fingerprint density at radius 2 is 2.07 bits per heavy atom. The van der Waals surface area contributed by atoms with Crippen molar-refractivity contribution in [2.24, 2.45) is 5.92 Å². The lowest BCUT2D eigenvalue weighted by Gasteiger charge is -2.53. The van der Waals surface area contributed by atoms with E-state index in [9.17, 15) is 9.90 Å². The van der Waals surface area contributed by atoms with Gasteiger partial charge in [-0.1, -0.05) is 12.1 Å². The number of carbonyl (C=O) groups excluding carboxylic acids is 1. The van der Waals surface area contributed by atoms with Crippen molar-refractivity contribution >= 4 is 5.91 Å². The number of nitrogens with zero attached hydrogens (tertiary/aromatic N) is 1. The van der Waals surface area contributed by atoms with Gasteiger partial charge < -0.3 is 24.2 Å². The smallest absolute Gasteiger partial charge is 0.254 e. The van der Waals surface area contributed by atoms with Crippen molar-refractivity contribution in [2.45, 2.75) is 56.8 Å². The second-order valence-electron chi connectivity index (χ2n) is 8.41. The van der Waals surface area contributed by atoms with E-state index in [2.05, 4.69) is 0 Å². The first-order valence-electron chi connectivity index (χ1n) is 9.85. The number of para-hydroxylation sites is 1. The number of ether oxygens (including phenoxy) is 3. The number of aromatic hydroxyl groups is 1. The van der Waals surface area contributed by atoms with Crippen molar-refractivity contribution in [1.82, 2.24) is 4.90 Å². The molecule has 4 rings (SSSR count). The van der Waals surface area contributed by atoms with Crippen molar-refractivity contribution in [3.8, 4) is 11.5 Å². The average molecular weight is 375 g/mol. The second-order valence-corrected chi connectivity index (χ2v) is 8.41. The summed E-state index contributed by atoms with van der Waals surface area (Å²) in [5.41, 5.74) is -0.270. The van der Waals surface area contributed by atoms with E-state index >= 15 is 0 Å². The minimum Gasteiger partial charge on any atom is -0.504 e. The van der Waals surface area contributed by atoms with Gasteiger partial charge in [0.2, 0.25) is 0 Å². The normalized spacial score (nSPS) is 26.9. The Hall–Kier alpha value is -1.79. The first-order chi connectivity index (χ1) is 12.9. The molecule has 0 aliphatic carbocycles. The van der Waals surface area contributed by atoms with Crippen molar-refractivity contribution < 1.29 is 24.1 Å². The van der Waals surface area contributed by atoms with Gasteiger partial charge in [0, 0.05) is 51.1 Å². The largest absolute Gasteiger partial charge is 0.504 e. The Bertz CT molecular complexity index is 723. The topological polar surface area (TPSA) is 68.2 Å². The van der Waals surface area contributed by atoms with E-state index < -0.39 is 11.2 Å². The van der Waals surface area contributed by atoms with Crippen LogP contribution in [0.15, 0.2) is 18.2 Å². The summed E-state index contributed by atoms with van der Waals surface area (Å²) in [6.07, 6.45) is 3.47. The van der Waals surface area contributed by atoms with Crippen LogP contribution in [0.3, 0.4) is 0 Å². The fourth-order valence-electron chi connectivity index (χ4n) is 4.81. The van der Waals surface area contributed by atoms with E-state index in [0.29, 0.717) is 18.8 Å². The third-order valence-corrected chi connectivity index (χ3v) is 6.56. The van der Waals surface area contributed by atoms with Crippen LogP contribution in [0, 0.1) is 5.92 Å². The number of piperidine rings is 1. The minimum atomic E-state index is -0.820. The summed E-state index contributed by atoms with van der Waals surface area (Å²) in [4.78, 5) is 14.6. The van der Waals surface area contributed by atoms with Crippen LogP contribution in [0.25, 0.3) is 0 Å². The fraction of sp³-hybridized carbons (Fsp3) is 0.667. The third-order valence-electron chi connectivity index (χ3n) is 6.56. The third kappa shape index (κ3) is 2.99. The van der Waals surface area contributed by atoms with E-state index in [0.717, 1.165) is 37.9 Å². The zero-order valence-electron chi connectivity index (χ0n) is 16.4. The molecule has 3 aliphatic rings. The molecule has 2 atom stereocenters. The zero-order chi connectivity index (χ0) is 19.2. The van der Waals surface area contributed by atoms with E-state index in [-0.39, 0.29) is 23.7 Å². The molecule has 6 heteroatoms. The molecule has 2 fully saturated rings. The quantitative estimate of drug-likeness (QED) is 0.861. The monoisotopic (exact) mass is 375 g/mol. The highest BCUT2D eigenvalue weighted by Crippen LogP contribution is 2.55. The molecular formula is C21H29NO5. The molecule has 6 nitrogen and oxygen atoms in total. The summed E-state index contributed by atoms with van der Waals surface area (Å²) in [5.74, 6) is 0.972. The number of methoxy groups -OCH3 is 1. The van der Waals surface area contributed by atoms with Gasteiger partial charge in [-0.05, 0) is 32.8 Å². The van der Waals surface area contributed by atoms with Crippen LogP contribution in [-0.2, 0) is 14.3 Å². The molecule has 3 aliphatic heterocycles. The second kappa shape index (κ2) is 6.67. The van der Waals surface area contributed by atoms with E-state index in [1.807, 2.05) is 17.0 Å². The number of benzene rings is 1. The molecule has 1 aromatic carbocycles. The summed E-state index contributed by atoms with van der Waals surface area (Å²) in [6, 6.07) is 5.50. The van der Waals surface area contributed by atoms with Crippen LogP contribution in [0.1, 0.15) is 51.2 Å². The van der Waals surface area contributed by atoms with Crippen LogP contribution in [-0.4, -0.2) is 53.9 Å². The lowest BCUT2D eigenvalue weighted by molar-refractivity contribution is -0.167. The highest BCUT2D eigenvalue weighted by molar-refractivity contribution is 5.84. The standard InChI is InChI=1S/C21H29NO5/c1-20(2,25-3)19(24)22-11-9-21(10-12-22)15-7-5-13-26-17(15)14-6-4-8-16(23)18(14)27-21/h4,6,8,15,17,23H,5,7,9-13H2,1-3H3/t15-,17+/m0/s1. The summed E-state index contributed by atoms with van der Waals surface area (Å²) in [5, 5.41) is 10.4. The van der Waals surface area contributed by atoms with Crippen LogP contribution >= 0.6 is 0 Å². The number of rotatable bonds is 2. The molecule has 27 heavy (non-hydrogen) atoms. The Kier molecular flexibility index (Phi) is 4.59. The van der Waals surface area contributed by atoms with Gasteiger partial charge in [0.05, 0.1) is 6.10 Å². The zero-order valence-corrected chi connectivity index (χ0v) is 16.4. The first kappa shape index (κ1) is 18.6. The minimum absolute atomic E-state index is 0.00958. The summed E-state index contributed by atoms with van der Waals surface area (Å²) < 4.78 is 18.0. The first-order valence-corrected chi connectivity index (χ1v) is 9.85. The van der Waals surface area contributed by atoms with Crippen molar-refractivity contribution in [1.29, 1.82) is 0 Å². The molecule has 2 saturated heterocycles. The fourth-order valence-corrected chi connectivity index (χ4v) is 4.81. The Morgan fingerprint density at radius 3 is 2.78 bits per heavy atom. The number of carbonyl (C=O) groups is 1. The van der Waals surface area contributed by atoms with Gasteiger partial charge in [0.25, 0.3) is 5.91 Å². The van der Waals surface area contributed by atoms with Gasteiger partial charge in [-0.3, -0.25) is 4.79 Å². The van der Waals surface area contributed by atoms with E-state index in [1.54, 1.807) is 27.0 Å². The summed E-state index contributed by atoms with van der Waals surface area (Å²) in [7, 11) is 1.57. The van der Waals surface area contributed by atoms with E-state index in [1.165, 1.54) is 0 Å². The number of amides is 1. The van der Waals surface area contributed by atoms with Crippen LogP contribution in [0.5, 0.6) is 11.5 Å². The predicted molar refractivity (Wildman–Crippen MR) is 99.8 cm³/mol. The predicted octanol–water partition coefficient (Wildman–Crippen LogP) is 3.04. The Labute approximate surface area is 160 Å². The van der Waals surface area contributed by atoms with Gasteiger partial charge in [-0.25, -0.2) is 0 Å². The van der Waals surface area contributed by atoms with Crippen LogP contribution in [0.2, 0.25) is 0 Å². The molecule has 0 radical (unpaired) electrons. The number of hydrogen-bond acceptors (Lipinski definition) is 5. The number of likely N-dealkylation sites (tertiary alicyclic amines) is 1. The summed E-state index contributed by atoms with van der Waals surface area (Å²) in [6.45, 7) is 5.58. The highest BCUT2D eigenvalue weighted by atomic mass is 16.5. The number of phenols is 1. The molecule has 1 spiro atoms. The van der Waals surface area contributed by atoms with Crippen molar-refractivity contribution in [3.05, 3.63) is 23.8 Å². The van der Waals surface area contributed by atoms with Gasteiger partial charge >= 0.3 is 0 Å². The molecule has 0 aromatic heterocycles. The molecule has 148 valence electrons. The number of hydrogen-bond donors (Lipinski definition) is 1. The molecular weight excluding hydrogens is 346 g/mol. The van der Waals surface area contributed by atoms with Gasteiger partial charge in [0.1, 0.15) is 11.2 Å². The lowest BCUT2D eigenvalue weighted by Crippen LogP contribution is -2.59. The Balaban J connectivity index is 1.60. The lowest BCUT2D eigenvalue weighted by atomic mass is 9.69. The average Bonchev–Trinajstić information content (AvgIpc) is 2.69. The molecule has 0 saturated carbocycles. The number of phenolic OH excluding ortho intramolecular Hbond substituents is 1. The van der Waals surface area contributed by atoms with Crippen molar-refractivity contribution in [3.63, 3.8) is 0 Å². The van der Waals surface area contributed by atoms with E-state index in [4.69, 9.17) is 14.2 Å². The summed E-state index contributed by atoms with van der Waals surface area (Å²) >= 11 is 0. The SMILES string of the molecule is COC(C)(C)C(=O)N1CCC2(CC1)Oc1c(O)cccc1[C@H]1OCCC[C@@H]12. The molecule has 0 bridgehead atoms. The number of fused-ring (bicyclic) bond motifs is 4. The molecule has 1 amide bonds. The molecule has 0 unspecified atom stereocenters. The maximum Gasteiger partial charge on any atom is 0.254 e. The Morgan fingerprint density at radius 1 is 1.33 bits per heavy atom. The van der Waals surface area contributed by atoms with Gasteiger partial charge in [-0.2, -0.15) is 0 Å². The maximum absolute atomic E-state index is 12.8. The van der Waals surface area contributed by atoms with Crippen LogP contribution in [0.4, 0.5) is 0 Å². The maximum atomic E-state index is 12.8. The van der Waals surface area contributed by atoms with Crippen molar-refractivity contribution in [2.75, 3.05) is 26.8 Å². The molecule has 1 aromatic rings.